The third-order valence-corrected chi connectivity index (χ3v) is 5.15. The minimum absolute atomic E-state index is 0.119. The Morgan fingerprint density at radius 3 is 2.32 bits per heavy atom. The number of hydrogen-bond acceptors (Lipinski definition) is 2. The first kappa shape index (κ1) is 13.8. The number of hydrogen-bond donors (Lipinski definition) is 0. The number of nitrogens with zero attached hydrogens (tertiary/aromatic N) is 2. The van der Waals surface area contributed by atoms with Gasteiger partial charge in [0, 0.05) is 37.7 Å². The molecular weight excluding hydrogens is 276 g/mol. The van der Waals surface area contributed by atoms with Crippen LogP contribution < -0.4 is 0 Å². The number of piperazine rings is 1. The number of benzene rings is 1. The molecule has 1 aliphatic heterocycles. The van der Waals surface area contributed by atoms with Crippen LogP contribution in [-0.2, 0) is 17.6 Å². The van der Waals surface area contributed by atoms with E-state index >= 15 is 0 Å². The molecule has 4 rings (SSSR count). The predicted octanol–water partition coefficient (Wildman–Crippen LogP) is 1.87. The first-order valence-electron chi connectivity index (χ1n) is 8.42. The van der Waals surface area contributed by atoms with E-state index in [4.69, 9.17) is 0 Å². The maximum atomic E-state index is 12.6. The Labute approximate surface area is 131 Å². The summed E-state index contributed by atoms with van der Waals surface area (Å²) in [5.41, 5.74) is 3.55. The van der Waals surface area contributed by atoms with Gasteiger partial charge in [0.15, 0.2) is 0 Å². The average molecular weight is 298 g/mol. The Morgan fingerprint density at radius 1 is 0.909 bits per heavy atom. The van der Waals surface area contributed by atoms with E-state index in [1.807, 2.05) is 15.9 Å². The number of amides is 2. The van der Waals surface area contributed by atoms with Gasteiger partial charge in [0.2, 0.25) is 5.91 Å². The summed E-state index contributed by atoms with van der Waals surface area (Å²) >= 11 is 0. The molecule has 22 heavy (non-hydrogen) atoms. The lowest BCUT2D eigenvalue weighted by Crippen LogP contribution is -2.51. The quantitative estimate of drug-likeness (QED) is 0.836. The van der Waals surface area contributed by atoms with Crippen LogP contribution in [0, 0.1) is 5.92 Å². The highest BCUT2D eigenvalue weighted by atomic mass is 16.2. The molecule has 1 heterocycles. The van der Waals surface area contributed by atoms with Crippen molar-refractivity contribution in [2.45, 2.75) is 32.1 Å². The Hall–Kier alpha value is -1.84. The summed E-state index contributed by atoms with van der Waals surface area (Å²) in [7, 11) is 0. The van der Waals surface area contributed by atoms with Crippen molar-refractivity contribution in [2.24, 2.45) is 5.92 Å². The van der Waals surface area contributed by atoms with Gasteiger partial charge >= 0.3 is 0 Å². The Kier molecular flexibility index (Phi) is 3.40. The maximum Gasteiger partial charge on any atom is 0.253 e. The molecule has 2 fully saturated rings. The molecule has 0 aromatic heterocycles. The van der Waals surface area contributed by atoms with Gasteiger partial charge in [-0.25, -0.2) is 0 Å². The molecule has 4 heteroatoms. The topological polar surface area (TPSA) is 40.6 Å². The van der Waals surface area contributed by atoms with E-state index in [1.165, 1.54) is 17.5 Å². The van der Waals surface area contributed by atoms with Gasteiger partial charge in [0.05, 0.1) is 0 Å². The van der Waals surface area contributed by atoms with Crippen LogP contribution in [0.25, 0.3) is 0 Å². The molecule has 0 unspecified atom stereocenters. The predicted molar refractivity (Wildman–Crippen MR) is 83.7 cm³/mol. The fourth-order valence-electron chi connectivity index (χ4n) is 3.61. The highest BCUT2D eigenvalue weighted by molar-refractivity contribution is 5.94. The molecule has 1 saturated heterocycles. The molecule has 0 N–H and O–H groups in total. The molecule has 1 aromatic rings. The monoisotopic (exact) mass is 298 g/mol. The van der Waals surface area contributed by atoms with Crippen molar-refractivity contribution in [1.82, 2.24) is 9.80 Å². The van der Waals surface area contributed by atoms with Crippen LogP contribution in [0.5, 0.6) is 0 Å². The van der Waals surface area contributed by atoms with Crippen LogP contribution in [0.1, 0.15) is 40.7 Å². The highest BCUT2D eigenvalue weighted by Gasteiger charge is 2.35. The fourth-order valence-corrected chi connectivity index (χ4v) is 3.61. The summed E-state index contributed by atoms with van der Waals surface area (Å²) in [6.07, 6.45) is 5.54. The van der Waals surface area contributed by atoms with Crippen LogP contribution in [0.2, 0.25) is 0 Å². The molecule has 1 saturated carbocycles. The minimum atomic E-state index is 0.119. The van der Waals surface area contributed by atoms with Gasteiger partial charge in [-0.2, -0.15) is 0 Å². The molecular formula is C18H22N2O2. The molecule has 1 aromatic carbocycles. The molecule has 0 bridgehead atoms. The van der Waals surface area contributed by atoms with E-state index in [9.17, 15) is 9.59 Å². The van der Waals surface area contributed by atoms with E-state index in [1.54, 1.807) is 0 Å². The summed E-state index contributed by atoms with van der Waals surface area (Å²) in [5, 5.41) is 0. The first-order valence-corrected chi connectivity index (χ1v) is 8.42. The van der Waals surface area contributed by atoms with Crippen molar-refractivity contribution < 1.29 is 9.59 Å². The molecule has 4 nitrogen and oxygen atoms in total. The highest BCUT2D eigenvalue weighted by Crippen LogP contribution is 2.31. The summed E-state index contributed by atoms with van der Waals surface area (Å²) in [6, 6.07) is 6.16. The lowest BCUT2D eigenvalue weighted by atomic mass is 10.1. The van der Waals surface area contributed by atoms with Crippen molar-refractivity contribution in [2.75, 3.05) is 26.2 Å². The number of rotatable bonds is 2. The number of fused-ring (bicyclic) bond motifs is 1. The summed E-state index contributed by atoms with van der Waals surface area (Å²) in [5.74, 6) is 0.691. The number of carbonyl (C=O) groups is 2. The Balaban J connectivity index is 1.40. The number of carbonyl (C=O) groups excluding carboxylic acids is 2. The third kappa shape index (κ3) is 2.51. The minimum Gasteiger partial charge on any atom is -0.339 e. The van der Waals surface area contributed by atoms with Crippen molar-refractivity contribution >= 4 is 11.8 Å². The van der Waals surface area contributed by atoms with Crippen molar-refractivity contribution in [1.29, 1.82) is 0 Å². The lowest BCUT2D eigenvalue weighted by molar-refractivity contribution is -0.134. The fraction of sp³-hybridized carbons (Fsp3) is 0.556. The first-order chi connectivity index (χ1) is 10.7. The number of aryl methyl sites for hydroxylation is 2. The van der Waals surface area contributed by atoms with Gasteiger partial charge in [-0.1, -0.05) is 6.07 Å². The van der Waals surface area contributed by atoms with Crippen LogP contribution in [0.3, 0.4) is 0 Å². The van der Waals surface area contributed by atoms with Gasteiger partial charge in [-0.3, -0.25) is 9.59 Å². The third-order valence-electron chi connectivity index (χ3n) is 5.15. The average Bonchev–Trinajstić information content (AvgIpc) is 3.31. The van der Waals surface area contributed by atoms with Crippen molar-refractivity contribution in [3.05, 3.63) is 34.9 Å². The van der Waals surface area contributed by atoms with E-state index < -0.39 is 0 Å². The molecule has 0 spiro atoms. The van der Waals surface area contributed by atoms with Gasteiger partial charge in [0.1, 0.15) is 0 Å². The zero-order valence-corrected chi connectivity index (χ0v) is 12.9. The summed E-state index contributed by atoms with van der Waals surface area (Å²) in [4.78, 5) is 28.5. The second-order valence-electron chi connectivity index (χ2n) is 6.73. The second-order valence-corrected chi connectivity index (χ2v) is 6.73. The van der Waals surface area contributed by atoms with Crippen molar-refractivity contribution in [3.8, 4) is 0 Å². The Morgan fingerprint density at radius 2 is 1.59 bits per heavy atom. The largest absolute Gasteiger partial charge is 0.339 e. The summed E-state index contributed by atoms with van der Waals surface area (Å²) < 4.78 is 0. The van der Waals surface area contributed by atoms with Crippen LogP contribution in [0.15, 0.2) is 18.2 Å². The molecule has 2 aliphatic carbocycles. The van der Waals surface area contributed by atoms with Gasteiger partial charge in [-0.05, 0) is 55.4 Å². The molecule has 2 amide bonds. The zero-order chi connectivity index (χ0) is 15.1. The molecule has 0 atom stereocenters. The standard InChI is InChI=1S/C18H22N2O2/c21-17(14-5-6-14)19-8-10-20(11-9-19)18(22)16-7-4-13-2-1-3-15(13)12-16/h4,7,12,14H,1-3,5-6,8-11H2. The van der Waals surface area contributed by atoms with Crippen LogP contribution in [0.4, 0.5) is 0 Å². The molecule has 116 valence electrons. The van der Waals surface area contributed by atoms with Gasteiger partial charge in [-0.15, -0.1) is 0 Å². The van der Waals surface area contributed by atoms with Crippen LogP contribution in [-0.4, -0.2) is 47.8 Å². The van der Waals surface area contributed by atoms with Gasteiger partial charge in [0.25, 0.3) is 5.91 Å². The lowest BCUT2D eigenvalue weighted by Gasteiger charge is -2.35. The van der Waals surface area contributed by atoms with E-state index in [2.05, 4.69) is 12.1 Å². The second kappa shape index (κ2) is 5.41. The van der Waals surface area contributed by atoms with Crippen molar-refractivity contribution in [3.63, 3.8) is 0 Å². The van der Waals surface area contributed by atoms with Crippen LogP contribution >= 0.6 is 0 Å². The molecule has 0 radical (unpaired) electrons. The molecule has 3 aliphatic rings. The Bertz CT molecular complexity index is 614. The summed E-state index contributed by atoms with van der Waals surface area (Å²) in [6.45, 7) is 2.70. The normalized spacial score (nSPS) is 20.9. The van der Waals surface area contributed by atoms with E-state index in [0.29, 0.717) is 32.1 Å². The smallest absolute Gasteiger partial charge is 0.253 e. The van der Waals surface area contributed by atoms with E-state index in [0.717, 1.165) is 31.2 Å². The van der Waals surface area contributed by atoms with Gasteiger partial charge < -0.3 is 9.80 Å². The maximum absolute atomic E-state index is 12.6. The SMILES string of the molecule is O=C(c1ccc2c(c1)CCC2)N1CCN(C(=O)C2CC2)CC1. The van der Waals surface area contributed by atoms with E-state index in [-0.39, 0.29) is 11.8 Å². The zero-order valence-electron chi connectivity index (χ0n) is 12.9.